The van der Waals surface area contributed by atoms with Gasteiger partial charge in [0.05, 0.1) is 16.4 Å². The third kappa shape index (κ3) is 3.03. The van der Waals surface area contributed by atoms with Crippen molar-refractivity contribution in [2.75, 3.05) is 18.8 Å². The number of carbonyl (C=O) groups is 1. The smallest absolute Gasteiger partial charge is 0.227 e. The lowest BCUT2D eigenvalue weighted by atomic mass is 9.81. The minimum absolute atomic E-state index is 0.114. The minimum atomic E-state index is -2.99. The summed E-state index contributed by atoms with van der Waals surface area (Å²) in [7, 11) is -2.99. The van der Waals surface area contributed by atoms with Gasteiger partial charge in [0.25, 0.3) is 0 Å². The lowest BCUT2D eigenvalue weighted by molar-refractivity contribution is -0.131. The quantitative estimate of drug-likeness (QED) is 0.737. The average molecular weight is 276 g/mol. The number of amides is 1. The molecule has 0 aromatic carbocycles. The van der Waals surface area contributed by atoms with E-state index in [9.17, 15) is 13.2 Å². The van der Waals surface area contributed by atoms with Crippen molar-refractivity contribution < 1.29 is 13.2 Å². The summed E-state index contributed by atoms with van der Waals surface area (Å²) in [5.41, 5.74) is 5.13. The minimum Gasteiger partial charge on any atom is -0.354 e. The molecule has 1 fully saturated rings. The fourth-order valence-corrected chi connectivity index (χ4v) is 4.20. The largest absolute Gasteiger partial charge is 0.354 e. The van der Waals surface area contributed by atoms with Crippen LogP contribution >= 0.6 is 0 Å². The molecule has 1 aliphatic rings. The number of carbonyl (C=O) groups excluding carboxylic acids is 1. The molecular formula is C12H24N2O3S. The van der Waals surface area contributed by atoms with Crippen molar-refractivity contribution >= 4 is 15.7 Å². The highest BCUT2D eigenvalue weighted by atomic mass is 32.2. The zero-order chi connectivity index (χ0) is 13.8. The molecule has 6 heteroatoms. The van der Waals surface area contributed by atoms with E-state index in [1.165, 1.54) is 0 Å². The van der Waals surface area contributed by atoms with Crippen LogP contribution in [0.25, 0.3) is 0 Å². The molecule has 0 spiro atoms. The van der Waals surface area contributed by atoms with Crippen molar-refractivity contribution in [2.24, 2.45) is 11.1 Å². The highest BCUT2D eigenvalue weighted by Gasteiger charge is 2.36. The molecular weight excluding hydrogens is 252 g/mol. The Morgan fingerprint density at radius 1 is 1.39 bits per heavy atom. The highest BCUT2D eigenvalue weighted by Crippen LogP contribution is 2.25. The van der Waals surface area contributed by atoms with Crippen molar-refractivity contribution in [1.82, 2.24) is 5.32 Å². The van der Waals surface area contributed by atoms with Crippen molar-refractivity contribution in [1.29, 1.82) is 0 Å². The second-order valence-corrected chi connectivity index (χ2v) is 7.43. The molecule has 5 nitrogen and oxygen atoms in total. The third-order valence-corrected chi connectivity index (χ3v) is 6.45. The van der Waals surface area contributed by atoms with Crippen LogP contribution in [0.15, 0.2) is 0 Å². The normalized spacial score (nSPS) is 22.9. The third-order valence-electron chi connectivity index (χ3n) is 4.18. The molecule has 1 saturated heterocycles. The second kappa shape index (κ2) is 6.02. The van der Waals surface area contributed by atoms with Crippen LogP contribution in [0.1, 0.15) is 39.5 Å². The molecule has 0 aliphatic carbocycles. The van der Waals surface area contributed by atoms with Crippen LogP contribution in [0.3, 0.4) is 0 Å². The molecule has 1 amide bonds. The standard InChI is InChI=1S/C12H24N2O3S/c1-3-12(4-2,9-13)11(15)14-8-10-6-5-7-18(10,16)17/h10H,3-9,13H2,1-2H3,(H,14,15). The van der Waals surface area contributed by atoms with Crippen LogP contribution < -0.4 is 11.1 Å². The number of hydrogen-bond acceptors (Lipinski definition) is 4. The van der Waals surface area contributed by atoms with E-state index in [0.29, 0.717) is 32.2 Å². The van der Waals surface area contributed by atoms with Crippen LogP contribution in [-0.4, -0.2) is 38.4 Å². The van der Waals surface area contributed by atoms with Crippen LogP contribution in [-0.2, 0) is 14.6 Å². The molecule has 1 unspecified atom stereocenters. The van der Waals surface area contributed by atoms with Crippen LogP contribution in [0.2, 0.25) is 0 Å². The first-order valence-corrected chi connectivity index (χ1v) is 8.33. The summed E-state index contributed by atoms with van der Waals surface area (Å²) >= 11 is 0. The summed E-state index contributed by atoms with van der Waals surface area (Å²) in [6.45, 7) is 4.39. The first-order valence-electron chi connectivity index (χ1n) is 6.62. The first-order chi connectivity index (χ1) is 8.41. The lowest BCUT2D eigenvalue weighted by Crippen LogP contribution is -2.47. The molecule has 1 aliphatic heterocycles. The van der Waals surface area contributed by atoms with E-state index in [2.05, 4.69) is 5.32 Å². The summed E-state index contributed by atoms with van der Waals surface area (Å²) in [6, 6.07) is 0. The first kappa shape index (κ1) is 15.4. The fraction of sp³-hybridized carbons (Fsp3) is 0.917. The summed E-state index contributed by atoms with van der Waals surface area (Å²) in [6.07, 6.45) is 2.69. The van der Waals surface area contributed by atoms with Crippen LogP contribution in [0, 0.1) is 5.41 Å². The van der Waals surface area contributed by atoms with E-state index >= 15 is 0 Å². The van der Waals surface area contributed by atoms with Crippen molar-refractivity contribution in [3.05, 3.63) is 0 Å². The summed E-state index contributed by atoms with van der Waals surface area (Å²) < 4.78 is 23.3. The number of sulfone groups is 1. The zero-order valence-electron chi connectivity index (χ0n) is 11.2. The molecule has 1 heterocycles. The van der Waals surface area contributed by atoms with Gasteiger partial charge in [-0.25, -0.2) is 8.42 Å². The molecule has 3 N–H and O–H groups in total. The van der Waals surface area contributed by atoms with E-state index < -0.39 is 20.5 Å². The van der Waals surface area contributed by atoms with Crippen molar-refractivity contribution in [3.63, 3.8) is 0 Å². The molecule has 0 aromatic rings. The van der Waals surface area contributed by atoms with Gasteiger partial charge in [0.1, 0.15) is 0 Å². The van der Waals surface area contributed by atoms with Gasteiger partial charge in [0.2, 0.25) is 5.91 Å². The monoisotopic (exact) mass is 276 g/mol. The Morgan fingerprint density at radius 3 is 2.39 bits per heavy atom. The zero-order valence-corrected chi connectivity index (χ0v) is 12.1. The van der Waals surface area contributed by atoms with Gasteiger partial charge in [-0.05, 0) is 25.7 Å². The van der Waals surface area contributed by atoms with E-state index in [4.69, 9.17) is 5.73 Å². The van der Waals surface area contributed by atoms with Gasteiger partial charge in [-0.15, -0.1) is 0 Å². The second-order valence-electron chi connectivity index (χ2n) is 5.03. The number of hydrogen-bond donors (Lipinski definition) is 2. The predicted octanol–water partition coefficient (Wildman–Crippen LogP) is 0.445. The number of rotatable bonds is 6. The molecule has 0 bridgehead atoms. The maximum atomic E-state index is 12.1. The molecule has 1 atom stereocenters. The van der Waals surface area contributed by atoms with Gasteiger partial charge in [-0.2, -0.15) is 0 Å². The Hall–Kier alpha value is -0.620. The van der Waals surface area contributed by atoms with Crippen molar-refractivity contribution in [3.8, 4) is 0 Å². The van der Waals surface area contributed by atoms with Crippen LogP contribution in [0.4, 0.5) is 0 Å². The molecule has 18 heavy (non-hydrogen) atoms. The van der Waals surface area contributed by atoms with E-state index in [1.54, 1.807) is 0 Å². The Labute approximate surface area is 109 Å². The highest BCUT2D eigenvalue weighted by molar-refractivity contribution is 7.92. The van der Waals surface area contributed by atoms with Gasteiger partial charge >= 0.3 is 0 Å². The van der Waals surface area contributed by atoms with E-state index in [1.807, 2.05) is 13.8 Å². The Bertz CT molecular complexity index is 380. The summed E-state index contributed by atoms with van der Waals surface area (Å²) in [5.74, 6) is 0.133. The van der Waals surface area contributed by atoms with E-state index in [0.717, 1.165) is 0 Å². The Morgan fingerprint density at radius 2 is 2.00 bits per heavy atom. The molecule has 0 radical (unpaired) electrons. The van der Waals surface area contributed by atoms with Gasteiger partial charge in [-0.1, -0.05) is 13.8 Å². The SMILES string of the molecule is CCC(CC)(CN)C(=O)NCC1CCCS1(=O)=O. The Kier molecular flexibility index (Phi) is 5.16. The maximum Gasteiger partial charge on any atom is 0.227 e. The molecule has 0 aromatic heterocycles. The molecule has 1 rings (SSSR count). The topological polar surface area (TPSA) is 89.3 Å². The summed E-state index contributed by atoms with van der Waals surface area (Å²) in [4.78, 5) is 12.1. The van der Waals surface area contributed by atoms with Gasteiger partial charge in [0, 0.05) is 13.1 Å². The predicted molar refractivity (Wildman–Crippen MR) is 71.9 cm³/mol. The summed E-state index contributed by atoms with van der Waals surface area (Å²) in [5, 5.41) is 2.36. The van der Waals surface area contributed by atoms with Crippen molar-refractivity contribution in [2.45, 2.75) is 44.8 Å². The van der Waals surface area contributed by atoms with Crippen LogP contribution in [0.5, 0.6) is 0 Å². The fourth-order valence-electron chi connectivity index (χ4n) is 2.43. The molecule has 0 saturated carbocycles. The number of nitrogens with one attached hydrogen (secondary N) is 1. The lowest BCUT2D eigenvalue weighted by Gasteiger charge is -2.29. The van der Waals surface area contributed by atoms with Gasteiger partial charge < -0.3 is 11.1 Å². The van der Waals surface area contributed by atoms with E-state index in [-0.39, 0.29) is 18.2 Å². The molecule has 106 valence electrons. The Balaban J connectivity index is 2.60. The van der Waals surface area contributed by atoms with Gasteiger partial charge in [0.15, 0.2) is 9.84 Å². The number of nitrogens with two attached hydrogens (primary N) is 1. The van der Waals surface area contributed by atoms with Gasteiger partial charge in [-0.3, -0.25) is 4.79 Å². The average Bonchev–Trinajstić information content (AvgIpc) is 2.68. The maximum absolute atomic E-state index is 12.1.